The fraction of sp³-hybridized carbons (Fsp3) is 0.0417. The first-order chi connectivity index (χ1) is 15.9. The van der Waals surface area contributed by atoms with E-state index in [1.54, 1.807) is 30.3 Å². The van der Waals surface area contributed by atoms with E-state index in [1.807, 2.05) is 48.5 Å². The van der Waals surface area contributed by atoms with Crippen LogP contribution in [0.3, 0.4) is 0 Å². The largest absolute Gasteiger partial charge is 0.489 e. The summed E-state index contributed by atoms with van der Waals surface area (Å²) in [6, 6.07) is 21.1. The molecule has 0 radical (unpaired) electrons. The normalized spacial score (nSPS) is 14.6. The van der Waals surface area contributed by atoms with E-state index in [-0.39, 0.29) is 4.32 Å². The minimum Gasteiger partial charge on any atom is -0.489 e. The molecular weight excluding hydrogens is 499 g/mol. The zero-order valence-electron chi connectivity index (χ0n) is 17.0. The maximum absolute atomic E-state index is 12.8. The number of nitrogens with one attached hydrogen (secondary N) is 1. The van der Waals surface area contributed by atoms with Crippen LogP contribution in [-0.2, 0) is 11.4 Å². The number of halogens is 2. The number of hydrogen-bond donors (Lipinski definition) is 1. The number of thiocarbonyl (C=S) groups is 1. The van der Waals surface area contributed by atoms with Gasteiger partial charge in [-0.05, 0) is 66.3 Å². The number of carbonyl (C=O) groups is 2. The van der Waals surface area contributed by atoms with Gasteiger partial charge >= 0.3 is 0 Å². The topological polar surface area (TPSA) is 58.6 Å². The molecule has 33 heavy (non-hydrogen) atoms. The summed E-state index contributed by atoms with van der Waals surface area (Å²) in [7, 11) is 0. The third kappa shape index (κ3) is 5.75. The number of hydrogen-bond acceptors (Lipinski definition) is 5. The van der Waals surface area contributed by atoms with E-state index in [9.17, 15) is 9.59 Å². The molecule has 1 aliphatic rings. The van der Waals surface area contributed by atoms with Crippen LogP contribution >= 0.6 is 47.2 Å². The molecule has 0 spiro atoms. The lowest BCUT2D eigenvalue weighted by Gasteiger charge is -2.15. The lowest BCUT2D eigenvalue weighted by molar-refractivity contribution is -0.123. The van der Waals surface area contributed by atoms with Crippen molar-refractivity contribution in [1.29, 1.82) is 0 Å². The van der Waals surface area contributed by atoms with E-state index in [1.165, 1.54) is 0 Å². The van der Waals surface area contributed by atoms with Gasteiger partial charge in [-0.25, -0.2) is 0 Å². The van der Waals surface area contributed by atoms with Gasteiger partial charge in [0, 0.05) is 21.2 Å². The third-order valence-corrected chi connectivity index (χ3v) is 6.57. The number of amides is 2. The second kappa shape index (κ2) is 10.4. The number of rotatable bonds is 6. The van der Waals surface area contributed by atoms with Crippen LogP contribution in [0.1, 0.15) is 21.5 Å². The maximum Gasteiger partial charge on any atom is 0.285 e. The van der Waals surface area contributed by atoms with Crippen LogP contribution in [0.2, 0.25) is 10.0 Å². The summed E-state index contributed by atoms with van der Waals surface area (Å²) in [5.74, 6) is -0.176. The fourth-order valence-corrected chi connectivity index (χ4v) is 4.42. The Morgan fingerprint density at radius 2 is 1.73 bits per heavy atom. The molecule has 0 aromatic heterocycles. The Morgan fingerprint density at radius 1 is 1.03 bits per heavy atom. The van der Waals surface area contributed by atoms with Crippen molar-refractivity contribution in [1.82, 2.24) is 10.4 Å². The van der Waals surface area contributed by atoms with Crippen molar-refractivity contribution in [3.63, 3.8) is 0 Å². The standard InChI is InChI=1S/C24H16Cl2N2O3S2/c25-18-9-7-16(8-10-18)22(29)27-28-23(30)21(33-24(28)32)13-15-5-11-19(12-6-15)31-14-17-3-1-2-4-20(17)26/h1-13H,14H2,(H,27,29)/b21-13+. The van der Waals surface area contributed by atoms with Crippen molar-refractivity contribution in [3.05, 3.63) is 104 Å². The summed E-state index contributed by atoms with van der Waals surface area (Å²) < 4.78 is 6.03. The van der Waals surface area contributed by atoms with Crippen LogP contribution in [0.15, 0.2) is 77.7 Å². The van der Waals surface area contributed by atoms with Crippen molar-refractivity contribution in [3.8, 4) is 5.75 Å². The van der Waals surface area contributed by atoms with Crippen LogP contribution < -0.4 is 10.2 Å². The van der Waals surface area contributed by atoms with Crippen molar-refractivity contribution < 1.29 is 14.3 Å². The van der Waals surface area contributed by atoms with Crippen LogP contribution in [-0.4, -0.2) is 21.1 Å². The molecule has 0 bridgehead atoms. The van der Waals surface area contributed by atoms with E-state index in [4.69, 9.17) is 40.2 Å². The quantitative estimate of drug-likeness (QED) is 0.317. The van der Waals surface area contributed by atoms with Crippen LogP contribution in [0, 0.1) is 0 Å². The zero-order chi connectivity index (χ0) is 23.4. The summed E-state index contributed by atoms with van der Waals surface area (Å²) >= 11 is 18.4. The molecule has 1 fully saturated rings. The highest BCUT2D eigenvalue weighted by Crippen LogP contribution is 2.32. The van der Waals surface area contributed by atoms with E-state index in [0.717, 1.165) is 27.9 Å². The predicted octanol–water partition coefficient (Wildman–Crippen LogP) is 6.12. The molecule has 3 aromatic carbocycles. The van der Waals surface area contributed by atoms with Gasteiger partial charge in [0.1, 0.15) is 12.4 Å². The minimum absolute atomic E-state index is 0.244. The zero-order valence-corrected chi connectivity index (χ0v) is 20.1. The van der Waals surface area contributed by atoms with Crippen LogP contribution in [0.25, 0.3) is 6.08 Å². The minimum atomic E-state index is -0.454. The number of hydrazine groups is 1. The summed E-state index contributed by atoms with van der Waals surface area (Å²) in [4.78, 5) is 25.6. The van der Waals surface area contributed by atoms with Gasteiger partial charge in [-0.3, -0.25) is 15.0 Å². The third-order valence-electron chi connectivity index (χ3n) is 4.64. The molecule has 0 unspecified atom stereocenters. The molecule has 1 N–H and O–H groups in total. The Labute approximate surface area is 210 Å². The number of ether oxygens (including phenoxy) is 1. The van der Waals surface area contributed by atoms with Gasteiger partial charge in [-0.15, -0.1) is 0 Å². The highest BCUT2D eigenvalue weighted by atomic mass is 35.5. The molecule has 0 atom stereocenters. The van der Waals surface area contributed by atoms with Crippen LogP contribution in [0.4, 0.5) is 0 Å². The van der Waals surface area contributed by atoms with Crippen molar-refractivity contribution >= 4 is 69.4 Å². The van der Waals surface area contributed by atoms with Gasteiger partial charge in [0.05, 0.1) is 4.91 Å². The molecule has 5 nitrogen and oxygen atoms in total. The first-order valence-corrected chi connectivity index (χ1v) is 11.7. The Morgan fingerprint density at radius 3 is 2.42 bits per heavy atom. The summed E-state index contributed by atoms with van der Waals surface area (Å²) in [6.45, 7) is 0.352. The van der Waals surface area contributed by atoms with Crippen molar-refractivity contribution in [2.45, 2.75) is 6.61 Å². The molecule has 4 rings (SSSR count). The average Bonchev–Trinajstić information content (AvgIpc) is 3.07. The molecule has 1 saturated heterocycles. The lowest BCUT2D eigenvalue weighted by atomic mass is 10.2. The van der Waals surface area contributed by atoms with E-state index in [0.29, 0.717) is 32.9 Å². The monoisotopic (exact) mass is 514 g/mol. The number of carbonyl (C=O) groups excluding carboxylic acids is 2. The second-order valence-corrected chi connectivity index (χ2v) is 9.43. The van der Waals surface area contributed by atoms with Crippen molar-refractivity contribution in [2.24, 2.45) is 0 Å². The Balaban J connectivity index is 1.40. The van der Waals surface area contributed by atoms with Gasteiger partial charge in [0.25, 0.3) is 11.8 Å². The molecule has 166 valence electrons. The number of nitrogens with zero attached hydrogens (tertiary/aromatic N) is 1. The van der Waals surface area contributed by atoms with Gasteiger partial charge < -0.3 is 4.74 Å². The second-order valence-electron chi connectivity index (χ2n) is 6.91. The SMILES string of the molecule is O=C(NN1C(=O)/C(=C\c2ccc(OCc3ccccc3Cl)cc2)SC1=S)c1ccc(Cl)cc1. The number of thioether (sulfide) groups is 1. The molecule has 2 amide bonds. The van der Waals surface area contributed by atoms with Gasteiger partial charge in [-0.1, -0.05) is 65.3 Å². The molecule has 1 heterocycles. The summed E-state index contributed by atoms with van der Waals surface area (Å²) in [5.41, 5.74) is 4.60. The highest BCUT2D eigenvalue weighted by Gasteiger charge is 2.33. The summed E-state index contributed by atoms with van der Waals surface area (Å²) in [6.07, 6.45) is 1.71. The fourth-order valence-electron chi connectivity index (χ4n) is 2.92. The van der Waals surface area contributed by atoms with Gasteiger partial charge in [0.15, 0.2) is 4.32 Å². The maximum atomic E-state index is 12.8. The van der Waals surface area contributed by atoms with Crippen LogP contribution in [0.5, 0.6) is 5.75 Å². The smallest absolute Gasteiger partial charge is 0.285 e. The Kier molecular flexibility index (Phi) is 7.35. The van der Waals surface area contributed by atoms with Gasteiger partial charge in [-0.2, -0.15) is 5.01 Å². The lowest BCUT2D eigenvalue weighted by Crippen LogP contribution is -2.44. The average molecular weight is 515 g/mol. The highest BCUT2D eigenvalue weighted by molar-refractivity contribution is 8.26. The number of benzene rings is 3. The molecule has 1 aliphatic heterocycles. The molecule has 0 saturated carbocycles. The van der Waals surface area contributed by atoms with E-state index >= 15 is 0 Å². The molecule has 3 aromatic rings. The molecule has 9 heteroatoms. The Hall–Kier alpha value is -2.84. The summed E-state index contributed by atoms with van der Waals surface area (Å²) in [5, 5.41) is 2.24. The van der Waals surface area contributed by atoms with E-state index < -0.39 is 11.8 Å². The van der Waals surface area contributed by atoms with E-state index in [2.05, 4.69) is 5.43 Å². The molecular formula is C24H16Cl2N2O3S2. The van der Waals surface area contributed by atoms with Crippen molar-refractivity contribution in [2.75, 3.05) is 0 Å². The first kappa shape index (κ1) is 23.3. The molecule has 0 aliphatic carbocycles. The Bertz CT molecular complexity index is 1250. The van der Waals surface area contributed by atoms with Gasteiger partial charge in [0.2, 0.25) is 0 Å². The predicted molar refractivity (Wildman–Crippen MR) is 136 cm³/mol. The first-order valence-electron chi connectivity index (χ1n) is 9.71.